The van der Waals surface area contributed by atoms with Gasteiger partial charge in [0.1, 0.15) is 12.4 Å². The number of cyclic esters (lactones) is 1. The molecule has 1 atom stereocenters. The lowest BCUT2D eigenvalue weighted by molar-refractivity contribution is -0.172. The Balaban J connectivity index is 1.40. The van der Waals surface area contributed by atoms with Crippen molar-refractivity contribution >= 4 is 16.9 Å². The zero-order chi connectivity index (χ0) is 24.3. The van der Waals surface area contributed by atoms with E-state index in [1.165, 1.54) is 32.1 Å². The fourth-order valence-corrected chi connectivity index (χ4v) is 5.79. The van der Waals surface area contributed by atoms with Crippen LogP contribution in [0.3, 0.4) is 0 Å². The van der Waals surface area contributed by atoms with E-state index in [0.29, 0.717) is 52.5 Å². The molecule has 35 heavy (non-hydrogen) atoms. The van der Waals surface area contributed by atoms with Gasteiger partial charge in [-0.1, -0.05) is 32.3 Å². The number of carbonyl (C=O) groups excluding carboxylic acids is 1. The van der Waals surface area contributed by atoms with E-state index in [2.05, 4.69) is 5.32 Å². The van der Waals surface area contributed by atoms with Crippen molar-refractivity contribution in [2.24, 2.45) is 0 Å². The highest BCUT2D eigenvalue weighted by molar-refractivity contribution is 5.90. The maximum atomic E-state index is 13.3. The Morgan fingerprint density at radius 1 is 1.20 bits per heavy atom. The Labute approximate surface area is 202 Å². The minimum absolute atomic E-state index is 0.102. The molecule has 4 heterocycles. The van der Waals surface area contributed by atoms with Gasteiger partial charge in [0.2, 0.25) is 0 Å². The first-order valence-electron chi connectivity index (χ1n) is 12.5. The van der Waals surface area contributed by atoms with Crippen molar-refractivity contribution in [3.63, 3.8) is 0 Å². The minimum atomic E-state index is -1.85. The van der Waals surface area contributed by atoms with E-state index in [1.54, 1.807) is 17.6 Å². The van der Waals surface area contributed by atoms with Crippen LogP contribution < -0.4 is 10.9 Å². The molecule has 2 aliphatic heterocycles. The average Bonchev–Trinajstić information content (AvgIpc) is 3.24. The van der Waals surface area contributed by atoms with Gasteiger partial charge in [-0.2, -0.15) is 0 Å². The van der Waals surface area contributed by atoms with Gasteiger partial charge in [0.25, 0.3) is 5.56 Å². The van der Waals surface area contributed by atoms with Crippen molar-refractivity contribution in [1.82, 2.24) is 14.9 Å². The summed E-state index contributed by atoms with van der Waals surface area (Å²) in [6.45, 7) is 2.44. The van der Waals surface area contributed by atoms with Gasteiger partial charge in [0.15, 0.2) is 5.60 Å². The number of pyridine rings is 2. The van der Waals surface area contributed by atoms with Gasteiger partial charge >= 0.3 is 5.97 Å². The number of nitrogens with one attached hydrogen (secondary N) is 1. The highest BCUT2D eigenvalue weighted by Crippen LogP contribution is 2.40. The van der Waals surface area contributed by atoms with Crippen LogP contribution in [-0.4, -0.2) is 31.8 Å². The average molecular weight is 476 g/mol. The molecule has 0 spiro atoms. The number of fused-ring (bicyclic) bond motifs is 5. The number of nitrogens with zero attached hydrogens (tertiary/aromatic N) is 2. The van der Waals surface area contributed by atoms with Crippen LogP contribution in [0.2, 0.25) is 0 Å². The number of hydrogen-bond acceptors (Lipinski definition) is 7. The second-order valence-electron chi connectivity index (χ2n) is 9.95. The molecule has 0 bridgehead atoms. The van der Waals surface area contributed by atoms with Gasteiger partial charge in [0, 0.05) is 34.7 Å². The van der Waals surface area contributed by atoms with Crippen LogP contribution in [0.15, 0.2) is 29.1 Å². The van der Waals surface area contributed by atoms with Crippen LogP contribution in [0, 0.1) is 0 Å². The van der Waals surface area contributed by atoms with Crippen LogP contribution >= 0.6 is 0 Å². The summed E-state index contributed by atoms with van der Waals surface area (Å²) in [5.74, 6) is -0.524. The number of phenols is 1. The Hall–Kier alpha value is -3.23. The third-order valence-corrected chi connectivity index (χ3v) is 7.93. The number of benzene rings is 1. The van der Waals surface area contributed by atoms with E-state index in [-0.39, 0.29) is 24.3 Å². The molecule has 1 unspecified atom stereocenters. The van der Waals surface area contributed by atoms with Gasteiger partial charge < -0.3 is 24.8 Å². The molecule has 2 aromatic heterocycles. The summed E-state index contributed by atoms with van der Waals surface area (Å²) < 4.78 is 6.73. The van der Waals surface area contributed by atoms with E-state index >= 15 is 0 Å². The molecule has 8 heteroatoms. The maximum absolute atomic E-state index is 13.3. The molecule has 0 radical (unpaired) electrons. The lowest BCUT2D eigenvalue weighted by Gasteiger charge is -2.31. The van der Waals surface area contributed by atoms with Crippen molar-refractivity contribution in [3.05, 3.63) is 56.9 Å². The molecule has 3 N–H and O–H groups in total. The highest BCUT2D eigenvalue weighted by atomic mass is 16.6. The van der Waals surface area contributed by atoms with Crippen molar-refractivity contribution in [3.8, 4) is 17.1 Å². The predicted octanol–water partition coefficient (Wildman–Crippen LogP) is 3.21. The summed E-state index contributed by atoms with van der Waals surface area (Å²) in [6.07, 6.45) is 6.23. The zero-order valence-electron chi connectivity index (χ0n) is 19.8. The second kappa shape index (κ2) is 8.17. The molecule has 0 amide bonds. The number of aliphatic hydroxyl groups is 1. The lowest BCUT2D eigenvalue weighted by atomic mass is 9.86. The first-order chi connectivity index (χ1) is 16.9. The van der Waals surface area contributed by atoms with E-state index < -0.39 is 11.6 Å². The summed E-state index contributed by atoms with van der Waals surface area (Å²) in [6, 6.07) is 7.88. The highest BCUT2D eigenvalue weighted by Gasteiger charge is 2.45. The van der Waals surface area contributed by atoms with Crippen molar-refractivity contribution in [2.75, 3.05) is 0 Å². The number of aromatic nitrogens is 2. The van der Waals surface area contributed by atoms with Crippen LogP contribution in [0.5, 0.6) is 5.75 Å². The Morgan fingerprint density at radius 3 is 2.77 bits per heavy atom. The van der Waals surface area contributed by atoms with Gasteiger partial charge in [-0.05, 0) is 37.5 Å². The SMILES string of the molecule is CCC1(O)C(=O)OCc2c1cc1n(c2=O)Cc2cc3c(O)c(CNC4CCCCC4)ccc3nc2-1. The monoisotopic (exact) mass is 475 g/mol. The van der Waals surface area contributed by atoms with Crippen LogP contribution in [-0.2, 0) is 34.8 Å². The van der Waals surface area contributed by atoms with Gasteiger partial charge in [-0.3, -0.25) is 4.79 Å². The quantitative estimate of drug-likeness (QED) is 0.389. The molecule has 1 fully saturated rings. The molecular weight excluding hydrogens is 446 g/mol. The minimum Gasteiger partial charge on any atom is -0.507 e. The Kier molecular flexibility index (Phi) is 5.19. The summed E-state index contributed by atoms with van der Waals surface area (Å²) in [7, 11) is 0. The van der Waals surface area contributed by atoms with Crippen molar-refractivity contribution in [1.29, 1.82) is 0 Å². The lowest BCUT2D eigenvalue weighted by Crippen LogP contribution is -2.44. The third-order valence-electron chi connectivity index (χ3n) is 7.93. The fraction of sp³-hybridized carbons (Fsp3) is 0.444. The summed E-state index contributed by atoms with van der Waals surface area (Å²) in [5.41, 5.74) is 1.93. The zero-order valence-corrected chi connectivity index (χ0v) is 19.8. The van der Waals surface area contributed by atoms with Gasteiger partial charge in [-0.25, -0.2) is 9.78 Å². The molecule has 3 aliphatic rings. The summed E-state index contributed by atoms with van der Waals surface area (Å²) >= 11 is 0. The molecule has 0 saturated heterocycles. The normalized spacial score (nSPS) is 21.5. The number of rotatable bonds is 4. The smallest absolute Gasteiger partial charge is 0.343 e. The molecule has 1 aromatic carbocycles. The van der Waals surface area contributed by atoms with Crippen molar-refractivity contribution < 1.29 is 19.7 Å². The number of esters is 1. The number of aromatic hydroxyl groups is 1. The van der Waals surface area contributed by atoms with Crippen LogP contribution in [0.25, 0.3) is 22.3 Å². The Morgan fingerprint density at radius 2 is 2.00 bits per heavy atom. The molecule has 3 aromatic rings. The van der Waals surface area contributed by atoms with Crippen LogP contribution in [0.1, 0.15) is 67.7 Å². The largest absolute Gasteiger partial charge is 0.507 e. The molecule has 1 saturated carbocycles. The Bertz CT molecular complexity index is 1420. The van der Waals surface area contributed by atoms with Crippen LogP contribution in [0.4, 0.5) is 0 Å². The van der Waals surface area contributed by atoms with E-state index in [0.717, 1.165) is 11.1 Å². The standard InChI is InChI=1S/C27H29N3O5/c1-2-27(34)20-11-22-23-16(13-30(22)25(32)19(20)14-35-26(27)33)10-18-21(29-23)9-8-15(24(18)31)12-28-17-6-4-3-5-7-17/h8-11,17,28,31,34H,2-7,12-14H2,1H3. The topological polar surface area (TPSA) is 114 Å². The number of hydrogen-bond donors (Lipinski definition) is 3. The maximum Gasteiger partial charge on any atom is 0.343 e. The molecule has 8 nitrogen and oxygen atoms in total. The number of phenolic OH excluding ortho intramolecular Hbond substituents is 1. The van der Waals surface area contributed by atoms with E-state index in [9.17, 15) is 19.8 Å². The second-order valence-corrected chi connectivity index (χ2v) is 9.95. The molecular formula is C27H29N3O5. The summed E-state index contributed by atoms with van der Waals surface area (Å²) in [5, 5.41) is 26.3. The first-order valence-corrected chi connectivity index (χ1v) is 12.5. The van der Waals surface area contributed by atoms with Gasteiger partial charge in [0.05, 0.1) is 29.0 Å². The van der Waals surface area contributed by atoms with E-state index in [4.69, 9.17) is 9.72 Å². The predicted molar refractivity (Wildman–Crippen MR) is 130 cm³/mol. The number of carbonyl (C=O) groups is 1. The fourth-order valence-electron chi connectivity index (χ4n) is 5.79. The van der Waals surface area contributed by atoms with Crippen molar-refractivity contribution in [2.45, 2.75) is 76.8 Å². The first kappa shape index (κ1) is 22.2. The molecule has 182 valence electrons. The molecule has 1 aliphatic carbocycles. The van der Waals surface area contributed by atoms with E-state index in [1.807, 2.05) is 18.2 Å². The third kappa shape index (κ3) is 3.38. The number of ether oxygens (including phenoxy) is 1. The molecule has 6 rings (SSSR count). The van der Waals surface area contributed by atoms with Gasteiger partial charge in [-0.15, -0.1) is 0 Å². The summed E-state index contributed by atoms with van der Waals surface area (Å²) in [4.78, 5) is 30.4.